The van der Waals surface area contributed by atoms with Crippen molar-refractivity contribution in [3.05, 3.63) is 0 Å². The van der Waals surface area contributed by atoms with Crippen LogP contribution in [-0.4, -0.2) is 24.8 Å². The van der Waals surface area contributed by atoms with E-state index in [-0.39, 0.29) is 5.60 Å². The summed E-state index contributed by atoms with van der Waals surface area (Å²) >= 11 is 0. The van der Waals surface area contributed by atoms with Crippen molar-refractivity contribution in [2.45, 2.75) is 64.5 Å². The summed E-state index contributed by atoms with van der Waals surface area (Å²) in [6, 6.07) is 0.589. The third-order valence-corrected chi connectivity index (χ3v) is 4.28. The van der Waals surface area contributed by atoms with Crippen LogP contribution < -0.4 is 5.32 Å². The number of morpholine rings is 1. The Morgan fingerprint density at radius 1 is 1.25 bits per heavy atom. The Morgan fingerprint density at radius 2 is 1.94 bits per heavy atom. The van der Waals surface area contributed by atoms with Crippen LogP contribution in [0.15, 0.2) is 0 Å². The summed E-state index contributed by atoms with van der Waals surface area (Å²) in [5.74, 6) is 1.52. The maximum absolute atomic E-state index is 6.18. The molecule has 0 radical (unpaired) electrons. The van der Waals surface area contributed by atoms with Crippen molar-refractivity contribution in [1.82, 2.24) is 5.32 Å². The molecular formula is C14H27NO. The monoisotopic (exact) mass is 225 g/mol. The van der Waals surface area contributed by atoms with Gasteiger partial charge in [0.05, 0.1) is 12.2 Å². The first kappa shape index (κ1) is 12.4. The van der Waals surface area contributed by atoms with Gasteiger partial charge in [-0.05, 0) is 31.1 Å². The predicted molar refractivity (Wildman–Crippen MR) is 67.6 cm³/mol. The van der Waals surface area contributed by atoms with Crippen LogP contribution in [0, 0.1) is 11.8 Å². The van der Waals surface area contributed by atoms with Crippen LogP contribution in [0.2, 0.25) is 0 Å². The molecule has 1 saturated heterocycles. The minimum absolute atomic E-state index is 0.187. The fraction of sp³-hybridized carbons (Fsp3) is 1.00. The molecule has 2 rings (SSSR count). The van der Waals surface area contributed by atoms with Crippen LogP contribution >= 0.6 is 0 Å². The Balaban J connectivity index is 2.04. The fourth-order valence-electron chi connectivity index (χ4n) is 3.77. The molecule has 2 nitrogen and oxygen atoms in total. The number of hydrogen-bond donors (Lipinski definition) is 1. The van der Waals surface area contributed by atoms with Crippen molar-refractivity contribution in [2.75, 3.05) is 13.2 Å². The molecular weight excluding hydrogens is 198 g/mol. The molecule has 0 aromatic heterocycles. The van der Waals surface area contributed by atoms with Crippen molar-refractivity contribution in [2.24, 2.45) is 11.8 Å². The smallest absolute Gasteiger partial charge is 0.0838 e. The molecule has 16 heavy (non-hydrogen) atoms. The van der Waals surface area contributed by atoms with Crippen LogP contribution in [0.4, 0.5) is 0 Å². The highest BCUT2D eigenvalue weighted by Crippen LogP contribution is 2.41. The van der Waals surface area contributed by atoms with E-state index in [2.05, 4.69) is 26.1 Å². The molecule has 94 valence electrons. The summed E-state index contributed by atoms with van der Waals surface area (Å²) in [5, 5.41) is 3.73. The van der Waals surface area contributed by atoms with E-state index < -0.39 is 0 Å². The highest BCUT2D eigenvalue weighted by Gasteiger charge is 2.46. The predicted octanol–water partition coefficient (Wildman–Crippen LogP) is 2.97. The topological polar surface area (TPSA) is 21.3 Å². The van der Waals surface area contributed by atoms with Gasteiger partial charge >= 0.3 is 0 Å². The second kappa shape index (κ2) is 5.05. The van der Waals surface area contributed by atoms with E-state index >= 15 is 0 Å². The second-order valence-corrected chi connectivity index (χ2v) is 6.16. The normalized spacial score (nSPS) is 31.1. The molecule has 0 aromatic carbocycles. The second-order valence-electron chi connectivity index (χ2n) is 6.16. The zero-order valence-corrected chi connectivity index (χ0v) is 11.1. The lowest BCUT2D eigenvalue weighted by atomic mass is 9.79. The molecule has 2 unspecified atom stereocenters. The molecule has 1 aliphatic heterocycles. The molecule has 1 spiro atoms. The molecule has 1 saturated carbocycles. The number of hydrogen-bond acceptors (Lipinski definition) is 2. The summed E-state index contributed by atoms with van der Waals surface area (Å²) in [5.41, 5.74) is 0.187. The summed E-state index contributed by atoms with van der Waals surface area (Å²) < 4.78 is 6.18. The van der Waals surface area contributed by atoms with Crippen molar-refractivity contribution < 1.29 is 4.74 Å². The zero-order valence-electron chi connectivity index (χ0n) is 11.1. The van der Waals surface area contributed by atoms with Crippen LogP contribution in [0.5, 0.6) is 0 Å². The Labute approximate surface area is 100 Å². The highest BCUT2D eigenvalue weighted by atomic mass is 16.5. The maximum atomic E-state index is 6.18. The van der Waals surface area contributed by atoms with Gasteiger partial charge in [-0.15, -0.1) is 0 Å². The quantitative estimate of drug-likeness (QED) is 0.797. The van der Waals surface area contributed by atoms with Crippen molar-refractivity contribution in [3.8, 4) is 0 Å². The lowest BCUT2D eigenvalue weighted by molar-refractivity contribution is -0.106. The molecule has 2 heteroatoms. The Bertz CT molecular complexity index is 221. The Hall–Kier alpha value is -0.0800. The number of ether oxygens (including phenoxy) is 1. The van der Waals surface area contributed by atoms with Gasteiger partial charge in [0.25, 0.3) is 0 Å². The van der Waals surface area contributed by atoms with E-state index in [0.717, 1.165) is 25.0 Å². The average molecular weight is 225 g/mol. The molecule has 0 bridgehead atoms. The first-order valence-corrected chi connectivity index (χ1v) is 7.01. The SMILES string of the molecule is CC(C)CC(C)C1NCCOC12CCCC2. The molecule has 1 N–H and O–H groups in total. The number of nitrogens with one attached hydrogen (secondary N) is 1. The third kappa shape index (κ3) is 2.43. The van der Waals surface area contributed by atoms with Gasteiger partial charge in [-0.3, -0.25) is 0 Å². The molecule has 2 fully saturated rings. The van der Waals surface area contributed by atoms with E-state index in [1.165, 1.54) is 32.1 Å². The molecule has 2 atom stereocenters. The van der Waals surface area contributed by atoms with Crippen molar-refractivity contribution in [1.29, 1.82) is 0 Å². The summed E-state index contributed by atoms with van der Waals surface area (Å²) in [6.07, 6.45) is 6.56. The Morgan fingerprint density at radius 3 is 2.56 bits per heavy atom. The van der Waals surface area contributed by atoms with Crippen LogP contribution in [-0.2, 0) is 4.74 Å². The molecule has 2 aliphatic rings. The Kier molecular flexibility index (Phi) is 3.91. The maximum Gasteiger partial charge on any atom is 0.0838 e. The lowest BCUT2D eigenvalue weighted by Gasteiger charge is -2.45. The van der Waals surface area contributed by atoms with E-state index in [4.69, 9.17) is 4.74 Å². The van der Waals surface area contributed by atoms with Gasteiger partial charge in [0, 0.05) is 12.6 Å². The fourth-order valence-corrected chi connectivity index (χ4v) is 3.77. The van der Waals surface area contributed by atoms with Gasteiger partial charge in [0.2, 0.25) is 0 Å². The van der Waals surface area contributed by atoms with Gasteiger partial charge < -0.3 is 10.1 Å². The summed E-state index contributed by atoms with van der Waals surface area (Å²) in [4.78, 5) is 0. The first-order chi connectivity index (χ1) is 7.64. The summed E-state index contributed by atoms with van der Waals surface area (Å²) in [7, 11) is 0. The van der Waals surface area contributed by atoms with Gasteiger partial charge in [-0.2, -0.15) is 0 Å². The van der Waals surface area contributed by atoms with E-state index in [0.29, 0.717) is 6.04 Å². The van der Waals surface area contributed by atoms with Gasteiger partial charge in [-0.25, -0.2) is 0 Å². The van der Waals surface area contributed by atoms with Crippen LogP contribution in [0.3, 0.4) is 0 Å². The van der Waals surface area contributed by atoms with Crippen LogP contribution in [0.25, 0.3) is 0 Å². The van der Waals surface area contributed by atoms with Crippen molar-refractivity contribution in [3.63, 3.8) is 0 Å². The first-order valence-electron chi connectivity index (χ1n) is 7.01. The minimum atomic E-state index is 0.187. The van der Waals surface area contributed by atoms with E-state index in [9.17, 15) is 0 Å². The third-order valence-electron chi connectivity index (χ3n) is 4.28. The van der Waals surface area contributed by atoms with E-state index in [1.54, 1.807) is 0 Å². The van der Waals surface area contributed by atoms with Gasteiger partial charge in [0.15, 0.2) is 0 Å². The molecule has 1 heterocycles. The minimum Gasteiger partial charge on any atom is -0.372 e. The standard InChI is InChI=1S/C14H27NO/c1-11(2)10-12(3)13-14(6-4-5-7-14)16-9-8-15-13/h11-13,15H,4-10H2,1-3H3. The zero-order chi connectivity index (χ0) is 11.6. The average Bonchev–Trinajstić information content (AvgIpc) is 2.66. The lowest BCUT2D eigenvalue weighted by Crippen LogP contribution is -2.59. The van der Waals surface area contributed by atoms with E-state index in [1.807, 2.05) is 0 Å². The van der Waals surface area contributed by atoms with Gasteiger partial charge in [0.1, 0.15) is 0 Å². The molecule has 1 aliphatic carbocycles. The largest absolute Gasteiger partial charge is 0.372 e. The summed E-state index contributed by atoms with van der Waals surface area (Å²) in [6.45, 7) is 8.98. The van der Waals surface area contributed by atoms with Gasteiger partial charge in [-0.1, -0.05) is 33.6 Å². The highest BCUT2D eigenvalue weighted by molar-refractivity contribution is 5.01. The van der Waals surface area contributed by atoms with Crippen molar-refractivity contribution >= 4 is 0 Å². The van der Waals surface area contributed by atoms with Crippen LogP contribution in [0.1, 0.15) is 52.9 Å². The molecule has 0 aromatic rings. The molecule has 0 amide bonds. The number of rotatable bonds is 3.